The molecule has 9 nitrogen and oxygen atoms in total. The summed E-state index contributed by atoms with van der Waals surface area (Å²) in [5.41, 5.74) is 7.99. The molecule has 0 aliphatic carbocycles. The van der Waals surface area contributed by atoms with Gasteiger partial charge in [0.15, 0.2) is 5.65 Å². The summed E-state index contributed by atoms with van der Waals surface area (Å²) in [7, 11) is 0. The third-order valence-corrected chi connectivity index (χ3v) is 6.01. The summed E-state index contributed by atoms with van der Waals surface area (Å²) < 4.78 is 3.89. The third-order valence-electron chi connectivity index (χ3n) is 4.94. The Labute approximate surface area is 181 Å². The van der Waals surface area contributed by atoms with Crippen molar-refractivity contribution in [1.82, 2.24) is 19.3 Å². The Morgan fingerprint density at radius 2 is 2.13 bits per heavy atom. The summed E-state index contributed by atoms with van der Waals surface area (Å²) in [6.07, 6.45) is 6.07. The Kier molecular flexibility index (Phi) is 5.74. The number of hydrogen-bond acceptors (Lipinski definition) is 8. The molecule has 0 saturated heterocycles. The zero-order valence-corrected chi connectivity index (χ0v) is 17.4. The average Bonchev–Trinajstić information content (AvgIpc) is 3.28. The van der Waals surface area contributed by atoms with Crippen LogP contribution in [0.4, 0.5) is 0 Å². The van der Waals surface area contributed by atoms with E-state index in [1.807, 2.05) is 24.3 Å². The second kappa shape index (κ2) is 8.62. The van der Waals surface area contributed by atoms with Gasteiger partial charge in [0, 0.05) is 30.3 Å². The lowest BCUT2D eigenvalue weighted by atomic mass is 10.1. The molecule has 3 heterocycles. The molecule has 4 aromatic rings. The van der Waals surface area contributed by atoms with Crippen LogP contribution in [0, 0.1) is 10.8 Å². The van der Waals surface area contributed by atoms with E-state index in [9.17, 15) is 9.90 Å². The van der Waals surface area contributed by atoms with Crippen molar-refractivity contribution in [3.63, 3.8) is 0 Å². The first-order valence-electron chi connectivity index (χ1n) is 9.60. The molecule has 3 aromatic heterocycles. The molecular weight excluding hydrogens is 414 g/mol. The number of allylic oxidation sites excluding steroid dienone is 1. The number of aliphatic hydroxyl groups excluding tert-OH is 1. The molecule has 10 heteroatoms. The summed E-state index contributed by atoms with van der Waals surface area (Å²) >= 11 is 1.41. The number of fused-ring (bicyclic) bond motifs is 3. The van der Waals surface area contributed by atoms with E-state index in [-0.39, 0.29) is 25.3 Å². The molecule has 0 aliphatic heterocycles. The third kappa shape index (κ3) is 3.78. The maximum atomic E-state index is 13.3. The standard InChI is InChI=1S/C21H21N7O2S/c22-6-5-15(24)9-17-26-20-19(31-17)16-11-25-28(21(30)18(16)27(20)7-8-29)12-14-4-2-1-3-13(14)10-23/h1-6,10-11,23-24,29H,7-9,12,22H2/b6-5-,23-10?,24-15?. The van der Waals surface area contributed by atoms with Gasteiger partial charge in [-0.2, -0.15) is 5.10 Å². The van der Waals surface area contributed by atoms with Crippen LogP contribution in [0.5, 0.6) is 0 Å². The summed E-state index contributed by atoms with van der Waals surface area (Å²) in [5, 5.41) is 30.9. The number of rotatable bonds is 8. The molecule has 0 radical (unpaired) electrons. The topological polar surface area (TPSA) is 147 Å². The van der Waals surface area contributed by atoms with E-state index in [4.69, 9.17) is 16.6 Å². The molecule has 31 heavy (non-hydrogen) atoms. The Balaban J connectivity index is 1.84. The van der Waals surface area contributed by atoms with Gasteiger partial charge in [-0.25, -0.2) is 9.67 Å². The van der Waals surface area contributed by atoms with Gasteiger partial charge in [-0.05, 0) is 23.4 Å². The highest BCUT2D eigenvalue weighted by atomic mass is 32.1. The molecule has 0 bridgehead atoms. The van der Waals surface area contributed by atoms with Gasteiger partial charge in [-0.1, -0.05) is 24.3 Å². The van der Waals surface area contributed by atoms with Gasteiger partial charge in [-0.15, -0.1) is 11.3 Å². The molecule has 1 aromatic carbocycles. The van der Waals surface area contributed by atoms with Crippen LogP contribution in [-0.4, -0.2) is 43.0 Å². The first kappa shape index (κ1) is 20.6. The molecule has 0 spiro atoms. The molecule has 5 N–H and O–H groups in total. The summed E-state index contributed by atoms with van der Waals surface area (Å²) in [5.74, 6) is 0. The fourth-order valence-electron chi connectivity index (χ4n) is 3.55. The smallest absolute Gasteiger partial charge is 0.291 e. The van der Waals surface area contributed by atoms with Crippen molar-refractivity contribution < 1.29 is 5.11 Å². The van der Waals surface area contributed by atoms with E-state index >= 15 is 0 Å². The quantitative estimate of drug-likeness (QED) is 0.312. The number of nitrogens with two attached hydrogens (primary N) is 1. The van der Waals surface area contributed by atoms with Gasteiger partial charge in [-0.3, -0.25) is 4.79 Å². The lowest BCUT2D eigenvalue weighted by molar-refractivity contribution is 0.279. The van der Waals surface area contributed by atoms with E-state index in [0.29, 0.717) is 28.7 Å². The average molecular weight is 436 g/mol. The summed E-state index contributed by atoms with van der Waals surface area (Å²) in [4.78, 5) is 17.9. The Bertz CT molecular complexity index is 1380. The van der Waals surface area contributed by atoms with Crippen molar-refractivity contribution in [1.29, 1.82) is 10.8 Å². The minimum atomic E-state index is -0.281. The van der Waals surface area contributed by atoms with Crippen LogP contribution < -0.4 is 11.3 Å². The summed E-state index contributed by atoms with van der Waals surface area (Å²) in [6, 6.07) is 7.39. The maximum Gasteiger partial charge on any atom is 0.291 e. The van der Waals surface area contributed by atoms with Gasteiger partial charge in [0.25, 0.3) is 5.56 Å². The van der Waals surface area contributed by atoms with Crippen LogP contribution in [0.25, 0.3) is 21.3 Å². The minimum absolute atomic E-state index is 0.143. The molecule has 0 saturated carbocycles. The van der Waals surface area contributed by atoms with Crippen LogP contribution in [-0.2, 0) is 19.5 Å². The summed E-state index contributed by atoms with van der Waals surface area (Å²) in [6.45, 7) is 0.315. The van der Waals surface area contributed by atoms with Gasteiger partial charge < -0.3 is 26.2 Å². The van der Waals surface area contributed by atoms with Gasteiger partial charge >= 0.3 is 0 Å². The minimum Gasteiger partial charge on any atom is -0.405 e. The molecular formula is C21H21N7O2S. The van der Waals surface area contributed by atoms with Crippen molar-refractivity contribution in [2.75, 3.05) is 6.61 Å². The van der Waals surface area contributed by atoms with Gasteiger partial charge in [0.05, 0.1) is 24.0 Å². The number of thiazole rings is 1. The molecule has 0 atom stereocenters. The Morgan fingerprint density at radius 3 is 2.87 bits per heavy atom. The number of nitrogens with one attached hydrogen (secondary N) is 2. The second-order valence-corrected chi connectivity index (χ2v) is 7.99. The predicted octanol–water partition coefficient (Wildman–Crippen LogP) is 1.88. The first-order valence-corrected chi connectivity index (χ1v) is 10.4. The molecule has 0 unspecified atom stereocenters. The van der Waals surface area contributed by atoms with Gasteiger partial charge in [0.1, 0.15) is 10.5 Å². The van der Waals surface area contributed by atoms with Crippen LogP contribution in [0.2, 0.25) is 0 Å². The number of benzene rings is 1. The highest BCUT2D eigenvalue weighted by molar-refractivity contribution is 7.19. The van der Waals surface area contributed by atoms with Crippen molar-refractivity contribution >= 4 is 44.5 Å². The van der Waals surface area contributed by atoms with Crippen molar-refractivity contribution in [3.8, 4) is 0 Å². The number of hydrogen-bond donors (Lipinski definition) is 4. The molecule has 158 valence electrons. The van der Waals surface area contributed by atoms with Crippen molar-refractivity contribution in [2.45, 2.75) is 19.5 Å². The van der Waals surface area contributed by atoms with E-state index in [1.54, 1.807) is 10.8 Å². The van der Waals surface area contributed by atoms with E-state index in [0.717, 1.165) is 20.8 Å². The van der Waals surface area contributed by atoms with Crippen LogP contribution >= 0.6 is 11.3 Å². The molecule has 0 aliphatic rings. The second-order valence-electron chi connectivity index (χ2n) is 6.91. The zero-order chi connectivity index (χ0) is 22.0. The van der Waals surface area contributed by atoms with Gasteiger partial charge in [0.2, 0.25) is 0 Å². The maximum absolute atomic E-state index is 13.3. The first-order chi connectivity index (χ1) is 15.1. The van der Waals surface area contributed by atoms with Crippen LogP contribution in [0.15, 0.2) is 47.5 Å². The number of aliphatic hydroxyl groups is 1. The highest BCUT2D eigenvalue weighted by Crippen LogP contribution is 2.32. The Morgan fingerprint density at radius 1 is 1.32 bits per heavy atom. The largest absolute Gasteiger partial charge is 0.405 e. The van der Waals surface area contributed by atoms with Crippen molar-refractivity contribution in [3.05, 3.63) is 69.2 Å². The Hall–Kier alpha value is -3.63. The molecule has 0 amide bonds. The van der Waals surface area contributed by atoms with Crippen LogP contribution in [0.3, 0.4) is 0 Å². The monoisotopic (exact) mass is 435 g/mol. The molecule has 0 fully saturated rings. The lowest BCUT2D eigenvalue weighted by Crippen LogP contribution is -2.25. The molecule has 4 rings (SSSR count). The van der Waals surface area contributed by atoms with Crippen LogP contribution in [0.1, 0.15) is 16.1 Å². The number of nitrogens with zero attached hydrogens (tertiary/aromatic N) is 4. The van der Waals surface area contributed by atoms with E-state index in [1.165, 1.54) is 34.5 Å². The highest BCUT2D eigenvalue weighted by Gasteiger charge is 2.20. The fourth-order valence-corrected chi connectivity index (χ4v) is 4.65. The fraction of sp³-hybridized carbons (Fsp3) is 0.190. The van der Waals surface area contributed by atoms with E-state index in [2.05, 4.69) is 10.1 Å². The predicted molar refractivity (Wildman–Crippen MR) is 122 cm³/mol. The van der Waals surface area contributed by atoms with E-state index < -0.39 is 0 Å². The lowest BCUT2D eigenvalue weighted by Gasteiger charge is -2.09. The SMILES string of the molecule is N=Cc1ccccc1Cn1ncc2c3sc(CC(=N)/C=C\N)nc3n(CCO)c2c1=O. The normalized spacial score (nSPS) is 11.6. The number of aromatic nitrogens is 4. The van der Waals surface area contributed by atoms with Crippen molar-refractivity contribution in [2.24, 2.45) is 5.73 Å². The zero-order valence-electron chi connectivity index (χ0n) is 16.6.